The number of rotatable bonds is 7. The van der Waals surface area contributed by atoms with E-state index in [1.165, 1.54) is 4.90 Å². The first kappa shape index (κ1) is 15.4. The fourth-order valence-corrected chi connectivity index (χ4v) is 4.09. The molecule has 21 heavy (non-hydrogen) atoms. The fraction of sp³-hybridized carbons (Fsp3) is 0.294. The van der Waals surface area contributed by atoms with E-state index in [4.69, 9.17) is 0 Å². The molecule has 0 aromatic heterocycles. The lowest BCUT2D eigenvalue weighted by Gasteiger charge is -2.19. The van der Waals surface area contributed by atoms with E-state index in [9.17, 15) is 9.59 Å². The molecule has 0 N–H and O–H groups in total. The van der Waals surface area contributed by atoms with Gasteiger partial charge in [-0.25, -0.2) is 0 Å². The predicted molar refractivity (Wildman–Crippen MR) is 87.9 cm³/mol. The van der Waals surface area contributed by atoms with Crippen LogP contribution in [0.2, 0.25) is 12.6 Å². The van der Waals surface area contributed by atoms with Crippen molar-refractivity contribution < 1.29 is 9.59 Å². The molecule has 0 unspecified atom stereocenters. The Balaban J connectivity index is 1.91. The van der Waals surface area contributed by atoms with Crippen molar-refractivity contribution in [1.29, 1.82) is 0 Å². The highest BCUT2D eigenvalue weighted by atomic mass is 28.3. The molecule has 4 heteroatoms. The summed E-state index contributed by atoms with van der Waals surface area (Å²) in [4.78, 5) is 25.8. The Morgan fingerprint density at radius 2 is 1.57 bits per heavy atom. The van der Waals surface area contributed by atoms with Crippen molar-refractivity contribution in [2.45, 2.75) is 25.4 Å². The van der Waals surface area contributed by atoms with Crippen molar-refractivity contribution in [1.82, 2.24) is 4.90 Å². The van der Waals surface area contributed by atoms with Gasteiger partial charge in [0.25, 0.3) is 11.8 Å². The highest BCUT2D eigenvalue weighted by Crippen LogP contribution is 2.23. The van der Waals surface area contributed by atoms with Gasteiger partial charge in [0, 0.05) is 6.54 Å². The van der Waals surface area contributed by atoms with Gasteiger partial charge in [-0.3, -0.25) is 14.5 Å². The number of hydrogen-bond acceptors (Lipinski definition) is 2. The van der Waals surface area contributed by atoms with E-state index < -0.39 is 8.07 Å². The molecule has 0 spiro atoms. The molecule has 2 rings (SSSR count). The van der Waals surface area contributed by atoms with Crippen molar-refractivity contribution in [2.24, 2.45) is 0 Å². The van der Waals surface area contributed by atoms with E-state index in [1.807, 2.05) is 11.4 Å². The average molecular weight is 299 g/mol. The molecule has 1 heterocycles. The molecule has 0 saturated carbocycles. The van der Waals surface area contributed by atoms with Gasteiger partial charge in [-0.05, 0) is 18.6 Å². The second kappa shape index (κ2) is 6.22. The number of amides is 2. The largest absolute Gasteiger partial charge is 0.274 e. The molecule has 1 aliphatic heterocycles. The molecule has 0 bridgehead atoms. The van der Waals surface area contributed by atoms with Crippen molar-refractivity contribution >= 4 is 19.9 Å². The second-order valence-corrected chi connectivity index (χ2v) is 10.0. The number of imide groups is 1. The minimum Gasteiger partial charge on any atom is -0.274 e. The number of hydrogen-bond donors (Lipinski definition) is 0. The summed E-state index contributed by atoms with van der Waals surface area (Å²) in [6.07, 6.45) is 1.81. The number of benzene rings is 1. The second-order valence-electron chi connectivity index (χ2n) is 5.68. The van der Waals surface area contributed by atoms with Crippen LogP contribution in [0.15, 0.2) is 48.8 Å². The van der Waals surface area contributed by atoms with Crippen LogP contribution in [0.25, 0.3) is 0 Å². The van der Waals surface area contributed by atoms with Crippen molar-refractivity contribution in [3.63, 3.8) is 0 Å². The summed E-state index contributed by atoms with van der Waals surface area (Å²) in [7, 11) is -1.53. The first-order chi connectivity index (χ1) is 10.0. The van der Waals surface area contributed by atoms with Crippen LogP contribution in [0.3, 0.4) is 0 Å². The molecule has 0 radical (unpaired) electrons. The Morgan fingerprint density at radius 3 is 2.05 bits per heavy atom. The summed E-state index contributed by atoms with van der Waals surface area (Å²) in [5.41, 5.74) is 5.11. The van der Waals surface area contributed by atoms with Gasteiger partial charge in [-0.15, -0.1) is 13.2 Å². The SMILES string of the molecule is C=C[Si](C)(C=C)CCCCN1C(=O)c2ccccc2C1=O. The molecular formula is C17H21NO2Si. The number of fused-ring (bicyclic) bond motifs is 1. The third-order valence-corrected chi connectivity index (χ3v) is 7.45. The van der Waals surface area contributed by atoms with E-state index in [0.717, 1.165) is 18.9 Å². The van der Waals surface area contributed by atoms with Gasteiger partial charge in [0.2, 0.25) is 0 Å². The summed E-state index contributed by atoms with van der Waals surface area (Å²) in [6.45, 7) is 10.5. The quantitative estimate of drug-likeness (QED) is 0.438. The third kappa shape index (κ3) is 3.05. The number of carbonyl (C=O) groups is 2. The lowest BCUT2D eigenvalue weighted by Crippen LogP contribution is -2.31. The van der Waals surface area contributed by atoms with Crippen LogP contribution >= 0.6 is 0 Å². The van der Waals surface area contributed by atoms with Gasteiger partial charge >= 0.3 is 0 Å². The van der Waals surface area contributed by atoms with E-state index in [1.54, 1.807) is 24.3 Å². The number of unbranched alkanes of at least 4 members (excludes halogenated alkanes) is 1. The summed E-state index contributed by atoms with van der Waals surface area (Å²) in [6, 6.07) is 8.07. The normalized spacial score (nSPS) is 14.2. The molecule has 1 aromatic carbocycles. The number of nitrogens with zero attached hydrogens (tertiary/aromatic N) is 1. The van der Waals surface area contributed by atoms with Gasteiger partial charge in [-0.1, -0.05) is 42.5 Å². The Hall–Kier alpha value is -1.94. The van der Waals surface area contributed by atoms with Crippen LogP contribution in [0.1, 0.15) is 33.6 Å². The zero-order chi connectivity index (χ0) is 15.5. The lowest BCUT2D eigenvalue weighted by atomic mass is 10.1. The molecule has 1 aromatic rings. The van der Waals surface area contributed by atoms with Crippen molar-refractivity contribution in [3.8, 4) is 0 Å². The summed E-state index contributed by atoms with van der Waals surface area (Å²) >= 11 is 0. The zero-order valence-corrected chi connectivity index (χ0v) is 13.5. The number of carbonyl (C=O) groups excluding carboxylic acids is 2. The Bertz CT molecular complexity index is 551. The van der Waals surface area contributed by atoms with Gasteiger partial charge in [0.15, 0.2) is 0 Å². The van der Waals surface area contributed by atoms with Gasteiger partial charge < -0.3 is 0 Å². The van der Waals surface area contributed by atoms with Crippen LogP contribution in [0.5, 0.6) is 0 Å². The minimum atomic E-state index is -1.53. The first-order valence-electron chi connectivity index (χ1n) is 7.25. The molecular weight excluding hydrogens is 278 g/mol. The summed E-state index contributed by atoms with van der Waals surface area (Å²) in [5, 5.41) is 0. The van der Waals surface area contributed by atoms with Gasteiger partial charge in [0.1, 0.15) is 0 Å². The standard InChI is InChI=1S/C17H21NO2Si/c1-4-21(3,5-2)13-9-8-12-18-16(19)14-10-6-7-11-15(14)17(18)20/h4-7,10-11H,1-2,8-9,12-13H2,3H3. The molecule has 1 aliphatic rings. The molecule has 0 saturated heterocycles. The minimum absolute atomic E-state index is 0.164. The predicted octanol–water partition coefficient (Wildman–Crippen LogP) is 3.59. The van der Waals surface area contributed by atoms with Crippen molar-refractivity contribution in [2.75, 3.05) is 6.54 Å². The topological polar surface area (TPSA) is 37.4 Å². The molecule has 0 aliphatic carbocycles. The highest BCUT2D eigenvalue weighted by Gasteiger charge is 2.34. The molecule has 2 amide bonds. The maximum absolute atomic E-state index is 12.2. The maximum atomic E-state index is 12.2. The molecule has 110 valence electrons. The molecule has 0 fully saturated rings. The Morgan fingerprint density at radius 1 is 1.05 bits per heavy atom. The molecule has 0 atom stereocenters. The smallest absolute Gasteiger partial charge is 0.261 e. The summed E-state index contributed by atoms with van der Waals surface area (Å²) in [5.74, 6) is -0.328. The van der Waals surface area contributed by atoms with E-state index >= 15 is 0 Å². The fourth-order valence-electron chi connectivity index (χ4n) is 2.51. The first-order valence-corrected chi connectivity index (χ1v) is 10.1. The average Bonchev–Trinajstić information content (AvgIpc) is 2.76. The highest BCUT2D eigenvalue weighted by molar-refractivity contribution is 6.87. The van der Waals surface area contributed by atoms with E-state index in [-0.39, 0.29) is 11.8 Å². The van der Waals surface area contributed by atoms with Crippen LogP contribution in [-0.2, 0) is 0 Å². The maximum Gasteiger partial charge on any atom is 0.261 e. The van der Waals surface area contributed by atoms with Gasteiger partial charge in [0.05, 0.1) is 19.2 Å². The molecule has 3 nitrogen and oxygen atoms in total. The monoisotopic (exact) mass is 299 g/mol. The zero-order valence-electron chi connectivity index (χ0n) is 12.5. The van der Waals surface area contributed by atoms with Crippen LogP contribution in [-0.4, -0.2) is 31.3 Å². The third-order valence-electron chi connectivity index (χ3n) is 4.16. The van der Waals surface area contributed by atoms with Crippen LogP contribution < -0.4 is 0 Å². The van der Waals surface area contributed by atoms with E-state index in [2.05, 4.69) is 19.7 Å². The van der Waals surface area contributed by atoms with Crippen LogP contribution in [0, 0.1) is 0 Å². The summed E-state index contributed by atoms with van der Waals surface area (Å²) < 4.78 is 0. The Kier molecular flexibility index (Phi) is 4.58. The lowest BCUT2D eigenvalue weighted by molar-refractivity contribution is 0.0652. The van der Waals surface area contributed by atoms with Gasteiger partial charge in [-0.2, -0.15) is 0 Å². The van der Waals surface area contributed by atoms with E-state index in [0.29, 0.717) is 17.7 Å². The van der Waals surface area contributed by atoms with Crippen molar-refractivity contribution in [3.05, 3.63) is 59.9 Å². The Labute approximate surface area is 127 Å². The van der Waals surface area contributed by atoms with Crippen LogP contribution in [0.4, 0.5) is 0 Å².